The second kappa shape index (κ2) is 12.7. The van der Waals surface area contributed by atoms with Crippen LogP contribution in [0.4, 0.5) is 0 Å². The largest absolute Gasteiger partial charge is 0.135 e. The van der Waals surface area contributed by atoms with E-state index in [0.717, 1.165) is 0 Å². The van der Waals surface area contributed by atoms with E-state index in [1.54, 1.807) is 0 Å². The summed E-state index contributed by atoms with van der Waals surface area (Å²) in [5, 5.41) is 16.7. The Labute approximate surface area is 334 Å². The Hall–Kier alpha value is -7.06. The van der Waals surface area contributed by atoms with Gasteiger partial charge in [-0.05, 0) is 110 Å². The van der Waals surface area contributed by atoms with Crippen molar-refractivity contribution in [1.29, 1.82) is 0 Å². The van der Waals surface area contributed by atoms with Gasteiger partial charge in [-0.1, -0.05) is 194 Å². The molecule has 264 valence electrons. The molecule has 0 radical (unpaired) electrons. The van der Waals surface area contributed by atoms with Crippen LogP contribution in [0.5, 0.6) is 0 Å². The van der Waals surface area contributed by atoms with Gasteiger partial charge in [-0.25, -0.2) is 0 Å². The molecule has 1 aromatic heterocycles. The molecule has 0 aliphatic carbocycles. The van der Waals surface area contributed by atoms with E-state index < -0.39 is 0 Å². The van der Waals surface area contributed by atoms with Gasteiger partial charge < -0.3 is 0 Å². The fourth-order valence-corrected chi connectivity index (χ4v) is 10.9. The minimum Gasteiger partial charge on any atom is -0.135 e. The fraction of sp³-hybridized carbons (Fsp3) is 0. The SMILES string of the molecule is c1ccc(-c2sc3cc(-c4c5ccccc5c(-c5cc6c7ccccc7c7ccccc7c6c6ccccc56)c5ccccc45)ccc3c2-c2ccccc2)cc1. The Kier molecular flexibility index (Phi) is 7.20. The smallest absolute Gasteiger partial charge is 0.0433 e. The van der Waals surface area contributed by atoms with Gasteiger partial charge >= 0.3 is 0 Å². The first-order valence-corrected chi connectivity index (χ1v) is 20.5. The molecule has 12 aromatic rings. The van der Waals surface area contributed by atoms with E-state index in [0.29, 0.717) is 0 Å². The van der Waals surface area contributed by atoms with Crippen LogP contribution in [-0.2, 0) is 0 Å². The molecule has 1 heteroatoms. The Bertz CT molecular complexity index is 3500. The maximum absolute atomic E-state index is 2.49. The van der Waals surface area contributed by atoms with E-state index in [1.807, 2.05) is 11.3 Å². The molecule has 57 heavy (non-hydrogen) atoms. The molecule has 0 nitrogen and oxygen atoms in total. The van der Waals surface area contributed by atoms with Crippen molar-refractivity contribution in [3.05, 3.63) is 206 Å². The molecule has 0 spiro atoms. The van der Waals surface area contributed by atoms with Gasteiger partial charge in [0.2, 0.25) is 0 Å². The molecular weight excluding hydrogens is 705 g/mol. The molecular formula is C56H34S. The third kappa shape index (κ3) is 4.86. The van der Waals surface area contributed by atoms with Crippen LogP contribution in [-0.4, -0.2) is 0 Å². The average Bonchev–Trinajstić information content (AvgIpc) is 3.67. The lowest BCUT2D eigenvalue weighted by Gasteiger charge is -2.20. The van der Waals surface area contributed by atoms with Crippen molar-refractivity contribution >= 4 is 86.1 Å². The molecule has 0 atom stereocenters. The van der Waals surface area contributed by atoms with Crippen molar-refractivity contribution in [3.8, 4) is 43.8 Å². The number of fused-ring (bicyclic) bond motifs is 11. The van der Waals surface area contributed by atoms with Crippen molar-refractivity contribution in [1.82, 2.24) is 0 Å². The van der Waals surface area contributed by atoms with E-state index in [-0.39, 0.29) is 0 Å². The molecule has 0 aliphatic heterocycles. The van der Waals surface area contributed by atoms with Crippen LogP contribution in [0, 0.1) is 0 Å². The molecule has 0 N–H and O–H groups in total. The lowest BCUT2D eigenvalue weighted by Crippen LogP contribution is -1.93. The van der Waals surface area contributed by atoms with Gasteiger partial charge in [0.15, 0.2) is 0 Å². The summed E-state index contributed by atoms with van der Waals surface area (Å²) < 4.78 is 1.29. The van der Waals surface area contributed by atoms with E-state index >= 15 is 0 Å². The van der Waals surface area contributed by atoms with Gasteiger partial charge in [0.05, 0.1) is 0 Å². The van der Waals surface area contributed by atoms with Crippen LogP contribution in [0.3, 0.4) is 0 Å². The van der Waals surface area contributed by atoms with Gasteiger partial charge in [0.1, 0.15) is 0 Å². The molecule has 0 aliphatic rings. The highest BCUT2D eigenvalue weighted by atomic mass is 32.1. The maximum atomic E-state index is 2.49. The summed E-state index contributed by atoms with van der Waals surface area (Å²) >= 11 is 1.90. The van der Waals surface area contributed by atoms with E-state index in [9.17, 15) is 0 Å². The van der Waals surface area contributed by atoms with Gasteiger partial charge in [-0.2, -0.15) is 0 Å². The van der Waals surface area contributed by atoms with Crippen molar-refractivity contribution in [3.63, 3.8) is 0 Å². The van der Waals surface area contributed by atoms with Gasteiger partial charge in [0, 0.05) is 20.5 Å². The maximum Gasteiger partial charge on any atom is 0.0433 e. The molecule has 1 heterocycles. The van der Waals surface area contributed by atoms with Gasteiger partial charge in [-0.15, -0.1) is 11.3 Å². The molecule has 0 fully saturated rings. The van der Waals surface area contributed by atoms with Crippen LogP contribution < -0.4 is 0 Å². The van der Waals surface area contributed by atoms with Crippen molar-refractivity contribution in [2.45, 2.75) is 0 Å². The zero-order chi connectivity index (χ0) is 37.5. The number of thiophene rings is 1. The minimum atomic E-state index is 1.24. The Morgan fingerprint density at radius 2 is 0.684 bits per heavy atom. The normalized spacial score (nSPS) is 11.9. The van der Waals surface area contributed by atoms with Crippen molar-refractivity contribution in [2.75, 3.05) is 0 Å². The van der Waals surface area contributed by atoms with E-state index in [1.165, 1.54) is 119 Å². The summed E-state index contributed by atoms with van der Waals surface area (Å²) in [5.41, 5.74) is 8.89. The van der Waals surface area contributed by atoms with E-state index in [2.05, 4.69) is 206 Å². The second-order valence-electron chi connectivity index (χ2n) is 15.1. The first-order valence-electron chi connectivity index (χ1n) is 19.7. The topological polar surface area (TPSA) is 0 Å². The van der Waals surface area contributed by atoms with Crippen LogP contribution >= 0.6 is 11.3 Å². The summed E-state index contributed by atoms with van der Waals surface area (Å²) in [7, 11) is 0. The number of benzene rings is 11. The molecule has 0 bridgehead atoms. The van der Waals surface area contributed by atoms with Crippen molar-refractivity contribution < 1.29 is 0 Å². The third-order valence-corrected chi connectivity index (χ3v) is 13.2. The predicted molar refractivity (Wildman–Crippen MR) is 249 cm³/mol. The molecule has 0 amide bonds. The van der Waals surface area contributed by atoms with Gasteiger partial charge in [0.25, 0.3) is 0 Å². The quantitative estimate of drug-likeness (QED) is 0.125. The predicted octanol–water partition coefficient (Wildman–Crippen LogP) is 16.5. The standard InChI is InChI=1S/C56H34S/c1-3-17-35(18-4-1)53-48-32-31-37(33-51(48)57-56(53)36-19-5-2-6-20-36)52-44-27-13-15-29-46(44)55(47-30-16-14-28-45(47)52)50-34-49-40-23-8-7-21-38(40)39-22-9-11-25-42(39)54(49)43-26-12-10-24-41(43)50/h1-34H. The molecule has 0 saturated carbocycles. The summed E-state index contributed by atoms with van der Waals surface area (Å²) in [6.07, 6.45) is 0. The highest BCUT2D eigenvalue weighted by molar-refractivity contribution is 7.23. The monoisotopic (exact) mass is 738 g/mol. The summed E-state index contributed by atoms with van der Waals surface area (Å²) in [4.78, 5) is 1.31. The highest BCUT2D eigenvalue weighted by Gasteiger charge is 2.22. The summed E-state index contributed by atoms with van der Waals surface area (Å²) in [6, 6.07) is 76.4. The fourth-order valence-electron chi connectivity index (χ4n) is 9.64. The molecule has 0 saturated heterocycles. The lowest BCUT2D eigenvalue weighted by molar-refractivity contribution is 1.66. The molecule has 11 aromatic carbocycles. The minimum absolute atomic E-state index is 1.24. The van der Waals surface area contributed by atoms with Gasteiger partial charge in [-0.3, -0.25) is 0 Å². The first kappa shape index (κ1) is 32.2. The Morgan fingerprint density at radius 1 is 0.246 bits per heavy atom. The van der Waals surface area contributed by atoms with Crippen LogP contribution in [0.15, 0.2) is 206 Å². The number of rotatable bonds is 4. The molecule has 0 unspecified atom stereocenters. The second-order valence-corrected chi connectivity index (χ2v) is 16.1. The van der Waals surface area contributed by atoms with Crippen LogP contribution in [0.2, 0.25) is 0 Å². The average molecular weight is 739 g/mol. The highest BCUT2D eigenvalue weighted by Crippen LogP contribution is 2.50. The first-order chi connectivity index (χ1) is 28.3. The Morgan fingerprint density at radius 3 is 1.28 bits per heavy atom. The lowest BCUT2D eigenvalue weighted by atomic mass is 9.82. The van der Waals surface area contributed by atoms with Crippen LogP contribution in [0.25, 0.3) is 119 Å². The van der Waals surface area contributed by atoms with Crippen LogP contribution in [0.1, 0.15) is 0 Å². The number of hydrogen-bond acceptors (Lipinski definition) is 1. The zero-order valence-electron chi connectivity index (χ0n) is 31.0. The number of hydrogen-bond donors (Lipinski definition) is 0. The zero-order valence-corrected chi connectivity index (χ0v) is 31.9. The summed E-state index contributed by atoms with van der Waals surface area (Å²) in [5.74, 6) is 0. The third-order valence-electron chi connectivity index (χ3n) is 12.0. The Balaban J connectivity index is 1.17. The summed E-state index contributed by atoms with van der Waals surface area (Å²) in [6.45, 7) is 0. The molecule has 12 rings (SSSR count). The van der Waals surface area contributed by atoms with Crippen molar-refractivity contribution in [2.24, 2.45) is 0 Å². The van der Waals surface area contributed by atoms with E-state index in [4.69, 9.17) is 0 Å².